The number of pyridine rings is 1. The van der Waals surface area contributed by atoms with Crippen LogP contribution in [0.2, 0.25) is 0 Å². The van der Waals surface area contributed by atoms with Gasteiger partial charge in [0, 0.05) is 24.6 Å². The molecular weight excluding hydrogens is 351 g/mol. The van der Waals surface area contributed by atoms with Crippen LogP contribution < -0.4 is 0 Å². The second-order valence-electron chi connectivity index (χ2n) is 5.79. The van der Waals surface area contributed by atoms with E-state index in [2.05, 4.69) is 25.4 Å². The van der Waals surface area contributed by atoms with E-state index < -0.39 is 5.82 Å². The molecule has 0 radical (unpaired) electrons. The van der Waals surface area contributed by atoms with E-state index in [4.69, 9.17) is 9.26 Å². The average Bonchev–Trinajstić information content (AvgIpc) is 3.30. The molecule has 27 heavy (non-hydrogen) atoms. The second kappa shape index (κ2) is 7.04. The van der Waals surface area contributed by atoms with Crippen LogP contribution in [0.4, 0.5) is 4.39 Å². The predicted octanol–water partition coefficient (Wildman–Crippen LogP) is 2.97. The highest BCUT2D eigenvalue weighted by Crippen LogP contribution is 2.26. The summed E-state index contributed by atoms with van der Waals surface area (Å²) >= 11 is 0. The number of halogens is 1. The maximum Gasteiger partial charge on any atom is 0.280 e. The summed E-state index contributed by atoms with van der Waals surface area (Å²) in [5, 5.41) is 12.1. The highest BCUT2D eigenvalue weighted by molar-refractivity contribution is 5.58. The summed E-state index contributed by atoms with van der Waals surface area (Å²) in [5.74, 6) is 0.116. The summed E-state index contributed by atoms with van der Waals surface area (Å²) in [7, 11) is 1.53. The number of aryl methyl sites for hydroxylation is 1. The van der Waals surface area contributed by atoms with Crippen LogP contribution in [0.1, 0.15) is 11.4 Å². The minimum Gasteiger partial charge on any atom is -0.378 e. The first kappa shape index (κ1) is 17.0. The minimum absolute atomic E-state index is 0.139. The third-order valence-corrected chi connectivity index (χ3v) is 3.92. The van der Waals surface area contributed by atoms with Crippen LogP contribution in [0, 0.1) is 12.7 Å². The molecule has 4 aromatic rings. The molecule has 0 fully saturated rings. The number of benzene rings is 1. The molecule has 3 heterocycles. The lowest BCUT2D eigenvalue weighted by atomic mass is 10.2. The van der Waals surface area contributed by atoms with Gasteiger partial charge in [0.25, 0.3) is 5.89 Å². The first-order chi connectivity index (χ1) is 13.2. The Balaban J connectivity index is 1.76. The standard InChI is InChI=1S/C18H15FN6O2/c1-11-7-8-12(9-20-11)17-21-18(27-23-17)16-15(10-26-2)25(24-22-16)14-6-4-3-5-13(14)19/h3-9H,10H2,1-2H3. The zero-order valence-corrected chi connectivity index (χ0v) is 14.6. The van der Waals surface area contributed by atoms with Crippen LogP contribution in [0.25, 0.3) is 28.7 Å². The molecule has 0 saturated heterocycles. The van der Waals surface area contributed by atoms with Gasteiger partial charge in [-0.2, -0.15) is 4.98 Å². The van der Waals surface area contributed by atoms with Crippen molar-refractivity contribution in [3.05, 3.63) is 59.8 Å². The first-order valence-electron chi connectivity index (χ1n) is 8.13. The molecule has 0 aliphatic carbocycles. The molecule has 9 heteroatoms. The molecule has 3 aromatic heterocycles. The van der Waals surface area contributed by atoms with Gasteiger partial charge in [0.1, 0.15) is 17.2 Å². The van der Waals surface area contributed by atoms with Crippen molar-refractivity contribution in [2.75, 3.05) is 7.11 Å². The molecule has 0 amide bonds. The molecular formula is C18H15FN6O2. The number of aromatic nitrogens is 6. The lowest BCUT2D eigenvalue weighted by molar-refractivity contribution is 0.179. The fourth-order valence-electron chi connectivity index (χ4n) is 2.59. The van der Waals surface area contributed by atoms with E-state index in [1.54, 1.807) is 24.4 Å². The fraction of sp³-hybridized carbons (Fsp3) is 0.167. The van der Waals surface area contributed by atoms with Gasteiger partial charge in [-0.05, 0) is 31.2 Å². The van der Waals surface area contributed by atoms with E-state index in [0.29, 0.717) is 22.8 Å². The number of ether oxygens (including phenoxy) is 1. The summed E-state index contributed by atoms with van der Waals surface area (Å²) in [6.45, 7) is 2.03. The van der Waals surface area contributed by atoms with Gasteiger partial charge in [0.15, 0.2) is 5.69 Å². The summed E-state index contributed by atoms with van der Waals surface area (Å²) in [5.41, 5.74) is 2.69. The fourth-order valence-corrected chi connectivity index (χ4v) is 2.59. The Morgan fingerprint density at radius 1 is 1.19 bits per heavy atom. The third kappa shape index (κ3) is 3.20. The van der Waals surface area contributed by atoms with Gasteiger partial charge in [-0.25, -0.2) is 9.07 Å². The summed E-state index contributed by atoms with van der Waals surface area (Å²) in [6, 6.07) is 9.98. The van der Waals surface area contributed by atoms with Crippen LogP contribution in [0.5, 0.6) is 0 Å². The molecule has 0 aliphatic rings. The van der Waals surface area contributed by atoms with Crippen molar-refractivity contribution in [2.45, 2.75) is 13.5 Å². The van der Waals surface area contributed by atoms with E-state index in [1.807, 2.05) is 19.1 Å². The van der Waals surface area contributed by atoms with E-state index in [-0.39, 0.29) is 18.2 Å². The van der Waals surface area contributed by atoms with Gasteiger partial charge in [-0.3, -0.25) is 4.98 Å². The summed E-state index contributed by atoms with van der Waals surface area (Å²) < 4.78 is 26.1. The third-order valence-electron chi connectivity index (χ3n) is 3.92. The Hall–Kier alpha value is -3.46. The Bertz CT molecular complexity index is 1070. The number of hydrogen-bond donors (Lipinski definition) is 0. The van der Waals surface area contributed by atoms with Gasteiger partial charge in [0.05, 0.1) is 6.61 Å². The van der Waals surface area contributed by atoms with E-state index >= 15 is 0 Å². The van der Waals surface area contributed by atoms with Crippen molar-refractivity contribution in [3.63, 3.8) is 0 Å². The molecule has 4 rings (SSSR count). The van der Waals surface area contributed by atoms with Crippen LogP contribution in [-0.2, 0) is 11.3 Å². The van der Waals surface area contributed by atoms with Crippen LogP contribution in [0.15, 0.2) is 47.1 Å². The number of para-hydroxylation sites is 1. The Morgan fingerprint density at radius 2 is 2.04 bits per heavy atom. The number of hydrogen-bond acceptors (Lipinski definition) is 7. The van der Waals surface area contributed by atoms with Crippen molar-refractivity contribution >= 4 is 0 Å². The van der Waals surface area contributed by atoms with Crippen LogP contribution in [0.3, 0.4) is 0 Å². The molecule has 0 bridgehead atoms. The van der Waals surface area contributed by atoms with Crippen molar-refractivity contribution in [1.82, 2.24) is 30.1 Å². The first-order valence-corrected chi connectivity index (χ1v) is 8.13. The van der Waals surface area contributed by atoms with Gasteiger partial charge in [-0.15, -0.1) is 5.10 Å². The molecule has 0 saturated carbocycles. The number of nitrogens with zero attached hydrogens (tertiary/aromatic N) is 6. The molecule has 8 nitrogen and oxygen atoms in total. The zero-order chi connectivity index (χ0) is 18.8. The van der Waals surface area contributed by atoms with Gasteiger partial charge >= 0.3 is 0 Å². The quantitative estimate of drug-likeness (QED) is 0.536. The maximum absolute atomic E-state index is 14.2. The summed E-state index contributed by atoms with van der Waals surface area (Å²) in [6.07, 6.45) is 1.66. The number of rotatable bonds is 5. The van der Waals surface area contributed by atoms with Crippen molar-refractivity contribution in [3.8, 4) is 28.7 Å². The lowest BCUT2D eigenvalue weighted by Gasteiger charge is -2.06. The zero-order valence-electron chi connectivity index (χ0n) is 14.6. The Labute approximate surface area is 153 Å². The highest BCUT2D eigenvalue weighted by atomic mass is 19.1. The second-order valence-corrected chi connectivity index (χ2v) is 5.79. The minimum atomic E-state index is -0.428. The lowest BCUT2D eigenvalue weighted by Crippen LogP contribution is -2.06. The van der Waals surface area contributed by atoms with Crippen LogP contribution >= 0.6 is 0 Å². The smallest absolute Gasteiger partial charge is 0.280 e. The predicted molar refractivity (Wildman–Crippen MR) is 93.3 cm³/mol. The molecule has 0 aliphatic heterocycles. The van der Waals surface area contributed by atoms with E-state index in [9.17, 15) is 4.39 Å². The average molecular weight is 366 g/mol. The van der Waals surface area contributed by atoms with Gasteiger partial charge < -0.3 is 9.26 Å². The Kier molecular flexibility index (Phi) is 4.43. The highest BCUT2D eigenvalue weighted by Gasteiger charge is 2.22. The molecule has 0 N–H and O–H groups in total. The van der Waals surface area contributed by atoms with Crippen molar-refractivity contribution in [2.24, 2.45) is 0 Å². The molecule has 1 aromatic carbocycles. The maximum atomic E-state index is 14.2. The molecule has 0 atom stereocenters. The molecule has 0 unspecified atom stereocenters. The van der Waals surface area contributed by atoms with Crippen molar-refractivity contribution in [1.29, 1.82) is 0 Å². The van der Waals surface area contributed by atoms with Gasteiger partial charge in [0.2, 0.25) is 5.82 Å². The molecule has 136 valence electrons. The van der Waals surface area contributed by atoms with E-state index in [0.717, 1.165) is 5.69 Å². The SMILES string of the molecule is COCc1c(-c2nc(-c3ccc(C)nc3)no2)nnn1-c1ccccc1F. The largest absolute Gasteiger partial charge is 0.378 e. The monoisotopic (exact) mass is 366 g/mol. The topological polar surface area (TPSA) is 91.8 Å². The van der Waals surface area contributed by atoms with E-state index in [1.165, 1.54) is 17.9 Å². The van der Waals surface area contributed by atoms with Gasteiger partial charge in [-0.1, -0.05) is 22.5 Å². The normalized spacial score (nSPS) is 11.1. The van der Waals surface area contributed by atoms with Crippen LogP contribution in [-0.4, -0.2) is 37.2 Å². The molecule has 0 spiro atoms. The summed E-state index contributed by atoms with van der Waals surface area (Å²) in [4.78, 5) is 8.59. The Morgan fingerprint density at radius 3 is 2.78 bits per heavy atom. The van der Waals surface area contributed by atoms with Crippen molar-refractivity contribution < 1.29 is 13.7 Å². The number of methoxy groups -OCH3 is 1.